The molecule has 0 spiro atoms. The maximum atomic E-state index is 15.3. The number of hydrogen-bond donors (Lipinski definition) is 1. The van der Waals surface area contributed by atoms with Crippen LogP contribution in [0.4, 0.5) is 27.6 Å². The smallest absolute Gasteiger partial charge is 0.384 e. The summed E-state index contributed by atoms with van der Waals surface area (Å²) < 4.78 is 164. The van der Waals surface area contributed by atoms with Crippen molar-refractivity contribution in [3.63, 3.8) is 0 Å². The van der Waals surface area contributed by atoms with Gasteiger partial charge in [0.15, 0.2) is 11.6 Å². The van der Waals surface area contributed by atoms with Crippen LogP contribution in [0.1, 0.15) is 60.5 Å². The number of likely N-dealkylation sites (tertiary alicyclic amines) is 1. The molecular formula is C41H42F5N3O3S. The van der Waals surface area contributed by atoms with Gasteiger partial charge >= 0.3 is 6.18 Å². The SMILES string of the molecule is [2H]C1=C(SCc2cccc(F)c2F)N(C([2H])([2H])C(=O)N(C2CCN(CC([2H])([2H])OC)CC2)C([2H])([2H])c2ccc(-c3ccc(C(F)(F)F)cc3)cc2)c2c([2H])c([2H])c(C)c([2H])c2C1O. The first-order chi connectivity index (χ1) is 29.3. The van der Waals surface area contributed by atoms with Crippen molar-refractivity contribution in [3.05, 3.63) is 135 Å². The summed E-state index contributed by atoms with van der Waals surface area (Å²) in [7, 11) is 1.19. The number of aliphatic hydroxyl groups excluding tert-OH is 1. The highest BCUT2D eigenvalue weighted by Crippen LogP contribution is 2.41. The second kappa shape index (κ2) is 16.8. The number of rotatable bonds is 12. The molecule has 280 valence electrons. The number of carbonyl (C=O) groups excluding carboxylic acids is 1. The van der Waals surface area contributed by atoms with E-state index in [1.807, 2.05) is 0 Å². The number of ether oxygens (including phenoxy) is 1. The van der Waals surface area contributed by atoms with Gasteiger partial charge in [0.1, 0.15) is 12.6 Å². The first kappa shape index (κ1) is 27.4. The molecule has 1 saturated heterocycles. The summed E-state index contributed by atoms with van der Waals surface area (Å²) in [5.41, 5.74) is -1.77. The molecule has 2 aliphatic heterocycles. The molecular weight excluding hydrogens is 710 g/mol. The number of carbonyl (C=O) groups is 1. The molecule has 0 aliphatic carbocycles. The normalized spacial score (nSPS) is 20.5. The van der Waals surface area contributed by atoms with Crippen molar-refractivity contribution >= 4 is 23.4 Å². The fraction of sp³-hybridized carbons (Fsp3) is 0.341. The van der Waals surface area contributed by atoms with Gasteiger partial charge in [-0.2, -0.15) is 13.2 Å². The molecule has 53 heavy (non-hydrogen) atoms. The minimum atomic E-state index is -4.58. The van der Waals surface area contributed by atoms with Crippen LogP contribution in [-0.2, 0) is 28.0 Å². The average molecular weight is 762 g/mol. The van der Waals surface area contributed by atoms with Crippen LogP contribution in [0, 0.1) is 18.6 Å². The number of aliphatic hydroxyl groups is 1. The van der Waals surface area contributed by atoms with E-state index in [1.54, 1.807) is 4.90 Å². The molecule has 2 aliphatic rings. The minimum absolute atomic E-state index is 0.0172. The molecule has 1 amide bonds. The maximum absolute atomic E-state index is 15.3. The van der Waals surface area contributed by atoms with Crippen LogP contribution in [-0.4, -0.2) is 66.7 Å². The first-order valence-electron chi connectivity index (χ1n) is 21.6. The van der Waals surface area contributed by atoms with Gasteiger partial charge in [-0.25, -0.2) is 8.78 Å². The Labute approximate surface area is 324 Å². The lowest BCUT2D eigenvalue weighted by Gasteiger charge is -2.40. The maximum Gasteiger partial charge on any atom is 0.416 e. The fourth-order valence-corrected chi connectivity index (χ4v) is 6.91. The molecule has 0 radical (unpaired) electrons. The predicted molar refractivity (Wildman–Crippen MR) is 198 cm³/mol. The lowest BCUT2D eigenvalue weighted by atomic mass is 9.99. The number of amides is 1. The molecule has 1 unspecified atom stereocenters. The van der Waals surface area contributed by atoms with E-state index in [1.165, 1.54) is 62.6 Å². The van der Waals surface area contributed by atoms with Crippen molar-refractivity contribution in [1.82, 2.24) is 9.80 Å². The van der Waals surface area contributed by atoms with E-state index in [4.69, 9.17) is 13.0 Å². The van der Waals surface area contributed by atoms with E-state index in [0.29, 0.717) is 32.7 Å². The van der Waals surface area contributed by atoms with Gasteiger partial charge in [0.2, 0.25) is 5.91 Å². The predicted octanol–water partition coefficient (Wildman–Crippen LogP) is 8.73. The number of piperidine rings is 1. The third kappa shape index (κ3) is 9.29. The summed E-state index contributed by atoms with van der Waals surface area (Å²) in [6.45, 7) is -7.12. The van der Waals surface area contributed by atoms with E-state index in [-0.39, 0.29) is 49.2 Å². The molecule has 4 aromatic carbocycles. The van der Waals surface area contributed by atoms with Crippen molar-refractivity contribution in [2.24, 2.45) is 0 Å². The van der Waals surface area contributed by atoms with E-state index in [0.717, 1.165) is 18.2 Å². The van der Waals surface area contributed by atoms with Gasteiger partial charge in [0.25, 0.3) is 0 Å². The lowest BCUT2D eigenvalue weighted by molar-refractivity contribution is -0.137. The average Bonchev–Trinajstić information content (AvgIpc) is 3.24. The van der Waals surface area contributed by atoms with Gasteiger partial charge in [0, 0.05) is 61.8 Å². The van der Waals surface area contributed by atoms with Gasteiger partial charge in [0.05, 0.1) is 30.9 Å². The number of fused-ring (bicyclic) bond motifs is 1. The molecule has 12 heteroatoms. The molecule has 4 aromatic rings. The minimum Gasteiger partial charge on any atom is -0.384 e. The number of benzene rings is 4. The molecule has 6 nitrogen and oxygen atoms in total. The standard InChI is InChI=1S/C41H42F5N3O3S/c1-27-6-15-36-34(22-27)37(50)23-39(53-26-31-4-3-5-35(42)40(31)43)49(36)25-38(51)48(33-16-18-47(19-17-33)20-21-52-2)24-28-7-9-29(10-8-28)30-11-13-32(14-12-30)41(44,45)46/h3-15,22-23,33,37,50H,16-21,24-26H2,1-2H3/i6D,15D,21D2,22D,23D,24D2,25D2. The van der Waals surface area contributed by atoms with Crippen LogP contribution in [0.15, 0.2) is 95.9 Å². The van der Waals surface area contributed by atoms with Gasteiger partial charge in [-0.3, -0.25) is 4.79 Å². The number of nitrogens with zero attached hydrogens (tertiary/aromatic N) is 3. The van der Waals surface area contributed by atoms with Crippen LogP contribution < -0.4 is 4.90 Å². The summed E-state index contributed by atoms with van der Waals surface area (Å²) in [6.07, 6.45) is -6.61. The van der Waals surface area contributed by atoms with Gasteiger partial charge in [-0.15, -0.1) is 11.8 Å². The second-order valence-corrected chi connectivity index (χ2v) is 13.3. The van der Waals surface area contributed by atoms with E-state index in [9.17, 15) is 32.5 Å². The second-order valence-electron chi connectivity index (χ2n) is 12.4. The topological polar surface area (TPSA) is 56.3 Å². The van der Waals surface area contributed by atoms with Crippen LogP contribution in [0.25, 0.3) is 11.1 Å². The monoisotopic (exact) mass is 761 g/mol. The van der Waals surface area contributed by atoms with Gasteiger partial charge in [-0.1, -0.05) is 66.2 Å². The Balaban J connectivity index is 1.47. The van der Waals surface area contributed by atoms with Gasteiger partial charge in [-0.05, 0) is 66.7 Å². The zero-order valence-electron chi connectivity index (χ0n) is 38.7. The van der Waals surface area contributed by atoms with Crippen molar-refractivity contribution in [1.29, 1.82) is 0 Å². The molecule has 1 atom stereocenters. The van der Waals surface area contributed by atoms with Crippen LogP contribution in [0.5, 0.6) is 0 Å². The molecule has 2 heterocycles. The van der Waals surface area contributed by atoms with Gasteiger partial charge < -0.3 is 24.5 Å². The highest BCUT2D eigenvalue weighted by Gasteiger charge is 2.33. The zero-order chi connectivity index (χ0) is 46.6. The van der Waals surface area contributed by atoms with Crippen molar-refractivity contribution in [2.45, 2.75) is 50.3 Å². The van der Waals surface area contributed by atoms with Crippen LogP contribution in [0.2, 0.25) is 0 Å². The van der Waals surface area contributed by atoms with Crippen LogP contribution in [0.3, 0.4) is 0 Å². The lowest BCUT2D eigenvalue weighted by Crippen LogP contribution is -2.50. The number of hydrogen-bond acceptors (Lipinski definition) is 6. The molecule has 0 saturated carbocycles. The number of alkyl halides is 3. The summed E-state index contributed by atoms with van der Waals surface area (Å²) in [6, 6.07) is 9.26. The third-order valence-corrected chi connectivity index (χ3v) is 9.79. The Morgan fingerprint density at radius 2 is 1.72 bits per heavy atom. The Hall–Kier alpha value is -4.23. The number of thioether (sulfide) groups is 1. The zero-order valence-corrected chi connectivity index (χ0v) is 29.5. The Morgan fingerprint density at radius 3 is 2.38 bits per heavy atom. The molecule has 6 rings (SSSR count). The summed E-state index contributed by atoms with van der Waals surface area (Å²) in [5, 5.41) is 10.9. The summed E-state index contributed by atoms with van der Waals surface area (Å²) in [4.78, 5) is 18.2. The Kier molecular flexibility index (Phi) is 8.70. The summed E-state index contributed by atoms with van der Waals surface area (Å²) in [5.74, 6) is -4.52. The fourth-order valence-electron chi connectivity index (χ4n) is 5.94. The summed E-state index contributed by atoms with van der Waals surface area (Å²) >= 11 is 0.511. The highest BCUT2D eigenvalue weighted by atomic mass is 32.2. The Morgan fingerprint density at radius 1 is 1.04 bits per heavy atom. The van der Waals surface area contributed by atoms with Crippen molar-refractivity contribution in [3.8, 4) is 11.1 Å². The van der Waals surface area contributed by atoms with E-state index in [2.05, 4.69) is 0 Å². The van der Waals surface area contributed by atoms with Crippen molar-refractivity contribution < 1.29 is 50.3 Å². The van der Waals surface area contributed by atoms with Crippen molar-refractivity contribution in [2.75, 3.05) is 44.7 Å². The Bertz CT molecular complexity index is 2400. The molecule has 0 aromatic heterocycles. The van der Waals surface area contributed by atoms with Crippen LogP contribution >= 0.6 is 11.8 Å². The third-order valence-electron chi connectivity index (χ3n) is 8.76. The number of halogens is 5. The van der Waals surface area contributed by atoms with E-state index >= 15 is 4.79 Å². The quantitative estimate of drug-likeness (QED) is 0.146. The molecule has 1 fully saturated rings. The largest absolute Gasteiger partial charge is 0.416 e. The first-order valence-corrected chi connectivity index (χ1v) is 17.6. The van der Waals surface area contributed by atoms with E-state index < -0.39 is 107 Å². The number of anilines is 1. The molecule has 0 bridgehead atoms. The highest BCUT2D eigenvalue weighted by molar-refractivity contribution is 8.02. The molecule has 1 N–H and O–H groups in total. The number of methoxy groups -OCH3 is 1.